The summed E-state index contributed by atoms with van der Waals surface area (Å²) in [5.41, 5.74) is 3.64. The van der Waals surface area contributed by atoms with Crippen LogP contribution in [0.5, 0.6) is 0 Å². The van der Waals surface area contributed by atoms with Gasteiger partial charge in [-0.3, -0.25) is 4.72 Å². The van der Waals surface area contributed by atoms with Crippen LogP contribution in [-0.4, -0.2) is 34.7 Å². The lowest BCUT2D eigenvalue weighted by atomic mass is 10.1. The van der Waals surface area contributed by atoms with Gasteiger partial charge in [0.05, 0.1) is 11.5 Å². The number of benzene rings is 2. The topological polar surface area (TPSA) is 58.6 Å². The minimum absolute atomic E-state index is 0.340. The van der Waals surface area contributed by atoms with E-state index in [1.54, 1.807) is 25.3 Å². The van der Waals surface area contributed by atoms with Gasteiger partial charge in [0.15, 0.2) is 0 Å². The number of nitrogens with one attached hydrogen (secondary N) is 1. The van der Waals surface area contributed by atoms with E-state index in [-0.39, 0.29) is 0 Å². The summed E-state index contributed by atoms with van der Waals surface area (Å²) < 4.78 is 32.5. The quantitative estimate of drug-likeness (QED) is 0.815. The molecule has 27 heavy (non-hydrogen) atoms. The summed E-state index contributed by atoms with van der Waals surface area (Å²) in [7, 11) is -1.79. The molecule has 0 atom stereocenters. The maximum Gasteiger partial charge on any atom is 0.255 e. The van der Waals surface area contributed by atoms with Crippen molar-refractivity contribution in [2.45, 2.75) is 25.9 Å². The number of piperidine rings is 1. The fourth-order valence-corrected chi connectivity index (χ4v) is 4.00. The molecule has 2 aromatic carbocycles. The largest absolute Gasteiger partial charge is 0.381 e. The standard InChI is InChI=1S/C21H26N2O3S/c1-17-3-5-18(6-4-17)13-16-27(24,25)22-19-7-9-20(10-8-19)23-14-11-21(26-2)12-15-23/h3-10,13,16,21-22H,11-12,14-15H2,1-2H3/b16-13+. The molecule has 1 aliphatic heterocycles. The normalized spacial score (nSPS) is 16.0. The fraction of sp³-hybridized carbons (Fsp3) is 0.333. The van der Waals surface area contributed by atoms with Crippen molar-refractivity contribution in [1.82, 2.24) is 0 Å². The average Bonchev–Trinajstić information content (AvgIpc) is 2.68. The number of hydrogen-bond donors (Lipinski definition) is 1. The number of hydrogen-bond acceptors (Lipinski definition) is 4. The van der Waals surface area contributed by atoms with Gasteiger partial charge in [0.25, 0.3) is 10.0 Å². The maximum absolute atomic E-state index is 12.3. The number of ether oxygens (including phenoxy) is 1. The summed E-state index contributed by atoms with van der Waals surface area (Å²) in [5, 5.41) is 1.20. The van der Waals surface area contributed by atoms with Crippen LogP contribution in [0.2, 0.25) is 0 Å². The van der Waals surface area contributed by atoms with Crippen LogP contribution >= 0.6 is 0 Å². The number of nitrogens with zero attached hydrogens (tertiary/aromatic N) is 1. The van der Waals surface area contributed by atoms with E-state index in [1.807, 2.05) is 43.3 Å². The SMILES string of the molecule is COC1CCN(c2ccc(NS(=O)(=O)/C=C/c3ccc(C)cc3)cc2)CC1. The number of methoxy groups -OCH3 is 1. The van der Waals surface area contributed by atoms with E-state index in [1.165, 1.54) is 5.41 Å². The molecule has 0 amide bonds. The lowest BCUT2D eigenvalue weighted by Crippen LogP contribution is -2.36. The molecule has 2 aromatic rings. The molecule has 1 N–H and O–H groups in total. The van der Waals surface area contributed by atoms with Gasteiger partial charge in [0, 0.05) is 31.6 Å². The first-order valence-electron chi connectivity index (χ1n) is 9.10. The predicted octanol–water partition coefficient (Wildman–Crippen LogP) is 4.02. The maximum atomic E-state index is 12.3. The Morgan fingerprint density at radius 2 is 1.67 bits per heavy atom. The van der Waals surface area contributed by atoms with Gasteiger partial charge in [-0.15, -0.1) is 0 Å². The first-order chi connectivity index (χ1) is 12.9. The molecule has 0 radical (unpaired) electrons. The highest BCUT2D eigenvalue weighted by molar-refractivity contribution is 7.95. The van der Waals surface area contributed by atoms with Crippen LogP contribution in [0, 0.1) is 6.92 Å². The first kappa shape index (κ1) is 19.5. The summed E-state index contributed by atoms with van der Waals surface area (Å²) in [4.78, 5) is 2.30. The molecule has 3 rings (SSSR count). The van der Waals surface area contributed by atoms with E-state index in [0.717, 1.165) is 42.7 Å². The average molecular weight is 387 g/mol. The van der Waals surface area contributed by atoms with Crippen LogP contribution in [-0.2, 0) is 14.8 Å². The van der Waals surface area contributed by atoms with Crippen molar-refractivity contribution in [3.8, 4) is 0 Å². The molecule has 0 saturated carbocycles. The van der Waals surface area contributed by atoms with E-state index in [4.69, 9.17) is 4.74 Å². The van der Waals surface area contributed by atoms with Crippen molar-refractivity contribution in [2.75, 3.05) is 29.8 Å². The minimum Gasteiger partial charge on any atom is -0.381 e. The van der Waals surface area contributed by atoms with Crippen molar-refractivity contribution in [2.24, 2.45) is 0 Å². The van der Waals surface area contributed by atoms with Gasteiger partial charge in [-0.05, 0) is 55.7 Å². The Labute approximate surface area is 161 Å². The molecule has 0 bridgehead atoms. The molecule has 0 spiro atoms. The highest BCUT2D eigenvalue weighted by Crippen LogP contribution is 2.23. The van der Waals surface area contributed by atoms with Gasteiger partial charge in [-0.2, -0.15) is 0 Å². The Balaban J connectivity index is 1.61. The molecular formula is C21H26N2O3S. The van der Waals surface area contributed by atoms with Crippen molar-refractivity contribution in [1.29, 1.82) is 0 Å². The van der Waals surface area contributed by atoms with E-state index in [2.05, 4.69) is 9.62 Å². The van der Waals surface area contributed by atoms with Crippen molar-refractivity contribution in [3.63, 3.8) is 0 Å². The van der Waals surface area contributed by atoms with Gasteiger partial charge in [-0.25, -0.2) is 8.42 Å². The van der Waals surface area contributed by atoms with Crippen LogP contribution in [0.1, 0.15) is 24.0 Å². The highest BCUT2D eigenvalue weighted by atomic mass is 32.2. The first-order valence-corrected chi connectivity index (χ1v) is 10.7. The smallest absolute Gasteiger partial charge is 0.255 e. The number of aryl methyl sites for hydroxylation is 1. The lowest BCUT2D eigenvalue weighted by molar-refractivity contribution is 0.0819. The molecule has 1 heterocycles. The van der Waals surface area contributed by atoms with E-state index in [9.17, 15) is 8.42 Å². The highest BCUT2D eigenvalue weighted by Gasteiger charge is 2.18. The van der Waals surface area contributed by atoms with Crippen molar-refractivity contribution in [3.05, 3.63) is 65.1 Å². The zero-order valence-electron chi connectivity index (χ0n) is 15.8. The van der Waals surface area contributed by atoms with Crippen LogP contribution in [0.4, 0.5) is 11.4 Å². The predicted molar refractivity (Wildman–Crippen MR) is 111 cm³/mol. The van der Waals surface area contributed by atoms with Gasteiger partial charge >= 0.3 is 0 Å². The lowest BCUT2D eigenvalue weighted by Gasteiger charge is -2.33. The molecule has 144 valence electrons. The van der Waals surface area contributed by atoms with Gasteiger partial charge in [0.2, 0.25) is 0 Å². The fourth-order valence-electron chi connectivity index (χ4n) is 3.13. The van der Waals surface area contributed by atoms with Crippen molar-refractivity contribution < 1.29 is 13.2 Å². The molecule has 0 unspecified atom stereocenters. The molecule has 1 fully saturated rings. The molecule has 0 aliphatic carbocycles. The molecule has 1 aliphatic rings. The van der Waals surface area contributed by atoms with Crippen LogP contribution in [0.3, 0.4) is 0 Å². The molecule has 1 saturated heterocycles. The van der Waals surface area contributed by atoms with E-state index >= 15 is 0 Å². The second-order valence-electron chi connectivity index (χ2n) is 6.83. The van der Waals surface area contributed by atoms with Crippen LogP contribution in [0.25, 0.3) is 6.08 Å². The molecule has 5 nitrogen and oxygen atoms in total. The Morgan fingerprint density at radius 3 is 2.26 bits per heavy atom. The summed E-state index contributed by atoms with van der Waals surface area (Å²) in [5.74, 6) is 0. The number of rotatable bonds is 6. The zero-order chi connectivity index (χ0) is 19.3. The van der Waals surface area contributed by atoms with E-state index < -0.39 is 10.0 Å². The molecular weight excluding hydrogens is 360 g/mol. The third kappa shape index (κ3) is 5.58. The third-order valence-electron chi connectivity index (χ3n) is 4.78. The number of anilines is 2. The summed E-state index contributed by atoms with van der Waals surface area (Å²) in [6, 6.07) is 15.2. The Bertz CT molecular complexity index is 867. The molecule has 0 aromatic heterocycles. The van der Waals surface area contributed by atoms with Gasteiger partial charge in [0.1, 0.15) is 0 Å². The Kier molecular flexibility index (Phi) is 6.19. The molecule has 6 heteroatoms. The minimum atomic E-state index is -3.55. The number of sulfonamides is 1. The van der Waals surface area contributed by atoms with E-state index in [0.29, 0.717) is 11.8 Å². The van der Waals surface area contributed by atoms with Crippen LogP contribution in [0.15, 0.2) is 53.9 Å². The van der Waals surface area contributed by atoms with Gasteiger partial charge < -0.3 is 9.64 Å². The Morgan fingerprint density at radius 1 is 1.04 bits per heavy atom. The Hall–Kier alpha value is -2.31. The monoisotopic (exact) mass is 386 g/mol. The van der Waals surface area contributed by atoms with Crippen LogP contribution < -0.4 is 9.62 Å². The zero-order valence-corrected chi connectivity index (χ0v) is 16.6. The second kappa shape index (κ2) is 8.59. The summed E-state index contributed by atoms with van der Waals surface area (Å²) in [6.07, 6.45) is 3.95. The summed E-state index contributed by atoms with van der Waals surface area (Å²) in [6.45, 7) is 3.89. The van der Waals surface area contributed by atoms with Gasteiger partial charge in [-0.1, -0.05) is 29.8 Å². The van der Waals surface area contributed by atoms with Crippen molar-refractivity contribution >= 4 is 27.5 Å². The summed E-state index contributed by atoms with van der Waals surface area (Å²) >= 11 is 0. The second-order valence-corrected chi connectivity index (χ2v) is 8.40. The third-order valence-corrected chi connectivity index (χ3v) is 5.80.